The molecule has 3 rings (SSSR count). The second-order valence-corrected chi connectivity index (χ2v) is 5.00. The van der Waals surface area contributed by atoms with Crippen molar-refractivity contribution in [2.75, 3.05) is 20.8 Å². The Hall–Kier alpha value is -2.53. The molecule has 5 heteroatoms. The highest BCUT2D eigenvalue weighted by molar-refractivity contribution is 5.84. The molecule has 2 aromatic carbocycles. The third kappa shape index (κ3) is 2.51. The zero-order valence-corrected chi connectivity index (χ0v) is 12.7. The van der Waals surface area contributed by atoms with Gasteiger partial charge < -0.3 is 20.2 Å². The van der Waals surface area contributed by atoms with Crippen molar-refractivity contribution < 1.29 is 9.47 Å². The predicted molar refractivity (Wildman–Crippen MR) is 87.4 cm³/mol. The van der Waals surface area contributed by atoms with Gasteiger partial charge in [-0.2, -0.15) is 0 Å². The van der Waals surface area contributed by atoms with E-state index in [0.717, 1.165) is 40.2 Å². The number of aromatic amines is 1. The van der Waals surface area contributed by atoms with E-state index >= 15 is 0 Å². The van der Waals surface area contributed by atoms with Gasteiger partial charge in [0, 0.05) is 12.0 Å². The van der Waals surface area contributed by atoms with Crippen LogP contribution in [0.3, 0.4) is 0 Å². The molecule has 0 aliphatic carbocycles. The molecule has 114 valence electrons. The van der Waals surface area contributed by atoms with Crippen molar-refractivity contribution in [3.05, 3.63) is 42.2 Å². The zero-order valence-electron chi connectivity index (χ0n) is 12.7. The fourth-order valence-corrected chi connectivity index (χ4v) is 2.60. The number of H-pyrrole nitrogens is 1. The Morgan fingerprint density at radius 1 is 1.14 bits per heavy atom. The fourth-order valence-electron chi connectivity index (χ4n) is 2.60. The molecule has 0 saturated heterocycles. The summed E-state index contributed by atoms with van der Waals surface area (Å²) < 4.78 is 10.9. The Labute approximate surface area is 129 Å². The molecule has 22 heavy (non-hydrogen) atoms. The monoisotopic (exact) mass is 297 g/mol. The van der Waals surface area contributed by atoms with Crippen LogP contribution in [0.2, 0.25) is 0 Å². The molecular weight excluding hydrogens is 278 g/mol. The van der Waals surface area contributed by atoms with E-state index in [1.54, 1.807) is 14.2 Å². The molecule has 0 atom stereocenters. The molecule has 5 nitrogen and oxygen atoms in total. The lowest BCUT2D eigenvalue weighted by atomic mass is 10.0. The molecule has 0 saturated carbocycles. The molecule has 0 fully saturated rings. The number of nitrogens with two attached hydrogens (primary N) is 1. The van der Waals surface area contributed by atoms with Gasteiger partial charge in [0.15, 0.2) is 11.5 Å². The molecule has 0 bridgehead atoms. The Balaban J connectivity index is 2.10. The molecule has 0 unspecified atom stereocenters. The van der Waals surface area contributed by atoms with Gasteiger partial charge in [0.05, 0.1) is 25.3 Å². The average molecular weight is 297 g/mol. The summed E-state index contributed by atoms with van der Waals surface area (Å²) in [6.07, 6.45) is 0.743. The SMILES string of the molecule is COc1cccc(-c2ccc3nc(CCN)[nH]c3c2)c1OC. The van der Waals surface area contributed by atoms with E-state index in [9.17, 15) is 0 Å². The van der Waals surface area contributed by atoms with Gasteiger partial charge in [-0.15, -0.1) is 0 Å². The van der Waals surface area contributed by atoms with E-state index in [-0.39, 0.29) is 0 Å². The first-order valence-electron chi connectivity index (χ1n) is 7.17. The summed E-state index contributed by atoms with van der Waals surface area (Å²) >= 11 is 0. The quantitative estimate of drug-likeness (QED) is 0.759. The van der Waals surface area contributed by atoms with Crippen molar-refractivity contribution in [2.24, 2.45) is 5.73 Å². The molecule has 3 N–H and O–H groups in total. The Morgan fingerprint density at radius 2 is 2.00 bits per heavy atom. The smallest absolute Gasteiger partial charge is 0.168 e. The maximum absolute atomic E-state index is 5.58. The van der Waals surface area contributed by atoms with Crippen molar-refractivity contribution in [1.82, 2.24) is 9.97 Å². The van der Waals surface area contributed by atoms with Crippen LogP contribution in [0.1, 0.15) is 5.82 Å². The normalized spacial score (nSPS) is 10.9. The van der Waals surface area contributed by atoms with Crippen molar-refractivity contribution in [3.63, 3.8) is 0 Å². The van der Waals surface area contributed by atoms with Crippen molar-refractivity contribution in [2.45, 2.75) is 6.42 Å². The Kier molecular flexibility index (Phi) is 3.98. The molecule has 0 aliphatic rings. The number of benzene rings is 2. The number of hydrogen-bond acceptors (Lipinski definition) is 4. The molecule has 0 aliphatic heterocycles. The van der Waals surface area contributed by atoms with Gasteiger partial charge in [-0.1, -0.05) is 18.2 Å². The van der Waals surface area contributed by atoms with Crippen molar-refractivity contribution >= 4 is 11.0 Å². The lowest BCUT2D eigenvalue weighted by Crippen LogP contribution is -2.03. The molecule has 1 heterocycles. The number of fused-ring (bicyclic) bond motifs is 1. The van der Waals surface area contributed by atoms with Gasteiger partial charge in [-0.25, -0.2) is 4.98 Å². The van der Waals surface area contributed by atoms with Crippen LogP contribution in [0.25, 0.3) is 22.2 Å². The van der Waals surface area contributed by atoms with E-state index in [1.807, 2.05) is 30.3 Å². The van der Waals surface area contributed by atoms with Crippen LogP contribution >= 0.6 is 0 Å². The number of aromatic nitrogens is 2. The highest BCUT2D eigenvalue weighted by atomic mass is 16.5. The number of nitrogens with zero attached hydrogens (tertiary/aromatic N) is 1. The average Bonchev–Trinajstić information content (AvgIpc) is 2.95. The second-order valence-electron chi connectivity index (χ2n) is 5.00. The van der Waals surface area contributed by atoms with Crippen LogP contribution in [0, 0.1) is 0 Å². The minimum absolute atomic E-state index is 0.580. The van der Waals surface area contributed by atoms with E-state index in [0.29, 0.717) is 12.3 Å². The highest BCUT2D eigenvalue weighted by Crippen LogP contribution is 2.38. The van der Waals surface area contributed by atoms with Gasteiger partial charge in [0.2, 0.25) is 0 Å². The van der Waals surface area contributed by atoms with E-state index in [2.05, 4.69) is 16.0 Å². The topological polar surface area (TPSA) is 73.2 Å². The van der Waals surface area contributed by atoms with Crippen LogP contribution in [0.15, 0.2) is 36.4 Å². The summed E-state index contributed by atoms with van der Waals surface area (Å²) in [5.74, 6) is 2.35. The zero-order chi connectivity index (χ0) is 15.5. The summed E-state index contributed by atoms with van der Waals surface area (Å²) in [7, 11) is 3.29. The van der Waals surface area contributed by atoms with E-state index in [1.165, 1.54) is 0 Å². The third-order valence-electron chi connectivity index (χ3n) is 3.63. The lowest BCUT2D eigenvalue weighted by molar-refractivity contribution is 0.356. The maximum atomic E-state index is 5.58. The first-order chi connectivity index (χ1) is 10.8. The van der Waals surface area contributed by atoms with Gasteiger partial charge in [-0.3, -0.25) is 0 Å². The molecule has 0 amide bonds. The largest absolute Gasteiger partial charge is 0.493 e. The summed E-state index contributed by atoms with van der Waals surface area (Å²) in [5.41, 5.74) is 9.55. The Morgan fingerprint density at radius 3 is 2.73 bits per heavy atom. The first kappa shape index (κ1) is 14.4. The number of nitrogens with one attached hydrogen (secondary N) is 1. The number of para-hydroxylation sites is 1. The van der Waals surface area contributed by atoms with Crippen molar-refractivity contribution in [3.8, 4) is 22.6 Å². The summed E-state index contributed by atoms with van der Waals surface area (Å²) in [4.78, 5) is 7.83. The second kappa shape index (κ2) is 6.07. The number of imidazole rings is 1. The minimum atomic E-state index is 0.580. The number of rotatable bonds is 5. The number of methoxy groups -OCH3 is 2. The molecular formula is C17H19N3O2. The number of hydrogen-bond donors (Lipinski definition) is 2. The van der Waals surface area contributed by atoms with Gasteiger partial charge in [0.1, 0.15) is 5.82 Å². The standard InChI is InChI=1S/C17H19N3O2/c1-21-15-5-3-4-12(17(15)22-2)11-6-7-13-14(10-11)20-16(19-13)8-9-18/h3-7,10H,8-9,18H2,1-2H3,(H,19,20). The predicted octanol–water partition coefficient (Wildman–Crippen LogP) is 2.75. The van der Waals surface area contributed by atoms with Crippen LogP contribution in [-0.4, -0.2) is 30.7 Å². The van der Waals surface area contributed by atoms with Gasteiger partial charge in [0.25, 0.3) is 0 Å². The minimum Gasteiger partial charge on any atom is -0.493 e. The molecule has 3 aromatic rings. The van der Waals surface area contributed by atoms with Crippen LogP contribution in [-0.2, 0) is 6.42 Å². The van der Waals surface area contributed by atoms with Gasteiger partial charge >= 0.3 is 0 Å². The van der Waals surface area contributed by atoms with E-state index < -0.39 is 0 Å². The molecule has 1 aromatic heterocycles. The van der Waals surface area contributed by atoms with Crippen LogP contribution < -0.4 is 15.2 Å². The summed E-state index contributed by atoms with van der Waals surface area (Å²) in [6, 6.07) is 12.0. The first-order valence-corrected chi connectivity index (χ1v) is 7.17. The third-order valence-corrected chi connectivity index (χ3v) is 3.63. The highest BCUT2D eigenvalue weighted by Gasteiger charge is 2.12. The fraction of sp³-hybridized carbons (Fsp3) is 0.235. The Bertz CT molecular complexity index is 796. The molecule has 0 spiro atoms. The summed E-state index contributed by atoms with van der Waals surface area (Å²) in [6.45, 7) is 0.580. The lowest BCUT2D eigenvalue weighted by Gasteiger charge is -2.12. The molecule has 0 radical (unpaired) electrons. The number of ether oxygens (including phenoxy) is 2. The van der Waals surface area contributed by atoms with Crippen LogP contribution in [0.4, 0.5) is 0 Å². The van der Waals surface area contributed by atoms with E-state index in [4.69, 9.17) is 15.2 Å². The maximum Gasteiger partial charge on any atom is 0.168 e. The van der Waals surface area contributed by atoms with Crippen LogP contribution in [0.5, 0.6) is 11.5 Å². The van der Waals surface area contributed by atoms with Gasteiger partial charge in [-0.05, 0) is 30.3 Å². The van der Waals surface area contributed by atoms with Crippen molar-refractivity contribution in [1.29, 1.82) is 0 Å². The summed E-state index contributed by atoms with van der Waals surface area (Å²) in [5, 5.41) is 0.